The first-order valence-electron chi connectivity index (χ1n) is 4.40. The van der Waals surface area contributed by atoms with E-state index in [2.05, 4.69) is 17.3 Å². The SMILES string of the molecule is CNCC(C)Cn1ncccc1=O. The molecule has 0 aromatic carbocycles. The van der Waals surface area contributed by atoms with E-state index in [9.17, 15) is 4.79 Å². The van der Waals surface area contributed by atoms with Gasteiger partial charge in [0, 0.05) is 18.8 Å². The van der Waals surface area contributed by atoms with Crippen molar-refractivity contribution in [3.8, 4) is 0 Å². The van der Waals surface area contributed by atoms with Gasteiger partial charge in [-0.1, -0.05) is 6.92 Å². The summed E-state index contributed by atoms with van der Waals surface area (Å²) >= 11 is 0. The Hall–Kier alpha value is -1.16. The van der Waals surface area contributed by atoms with E-state index in [4.69, 9.17) is 0 Å². The van der Waals surface area contributed by atoms with E-state index in [1.54, 1.807) is 12.3 Å². The maximum absolute atomic E-state index is 11.2. The van der Waals surface area contributed by atoms with Crippen LogP contribution in [-0.2, 0) is 6.54 Å². The summed E-state index contributed by atoms with van der Waals surface area (Å²) in [7, 11) is 1.90. The Morgan fingerprint density at radius 3 is 3.08 bits per heavy atom. The van der Waals surface area contributed by atoms with Gasteiger partial charge in [-0.2, -0.15) is 5.10 Å². The Bertz CT molecular complexity index is 308. The zero-order valence-corrected chi connectivity index (χ0v) is 8.03. The Labute approximate surface area is 77.6 Å². The van der Waals surface area contributed by atoms with E-state index in [1.807, 2.05) is 7.05 Å². The molecule has 4 nitrogen and oxygen atoms in total. The maximum atomic E-state index is 11.2. The molecule has 0 spiro atoms. The summed E-state index contributed by atoms with van der Waals surface area (Å²) in [6, 6.07) is 3.18. The molecule has 0 fully saturated rings. The third kappa shape index (κ3) is 2.99. The molecule has 13 heavy (non-hydrogen) atoms. The van der Waals surface area contributed by atoms with E-state index < -0.39 is 0 Å². The quantitative estimate of drug-likeness (QED) is 0.716. The minimum atomic E-state index is -0.0366. The molecule has 0 radical (unpaired) electrons. The topological polar surface area (TPSA) is 46.9 Å². The van der Waals surface area contributed by atoms with Crippen LogP contribution in [0.1, 0.15) is 6.92 Å². The Balaban J connectivity index is 2.63. The van der Waals surface area contributed by atoms with E-state index >= 15 is 0 Å². The molecule has 4 heteroatoms. The summed E-state index contributed by atoms with van der Waals surface area (Å²) < 4.78 is 1.49. The average molecular weight is 181 g/mol. The van der Waals surface area contributed by atoms with Gasteiger partial charge in [-0.15, -0.1) is 0 Å². The van der Waals surface area contributed by atoms with Crippen molar-refractivity contribution in [3.05, 3.63) is 28.7 Å². The molecule has 1 atom stereocenters. The summed E-state index contributed by atoms with van der Waals surface area (Å²) in [5, 5.41) is 7.04. The lowest BCUT2D eigenvalue weighted by atomic mass is 10.2. The van der Waals surface area contributed by atoms with Crippen molar-refractivity contribution >= 4 is 0 Å². The lowest BCUT2D eigenvalue weighted by molar-refractivity contribution is 0.421. The third-order valence-corrected chi connectivity index (χ3v) is 1.82. The molecule has 0 aliphatic heterocycles. The van der Waals surface area contributed by atoms with Crippen LogP contribution in [0.25, 0.3) is 0 Å². The first-order chi connectivity index (χ1) is 6.24. The normalized spacial score (nSPS) is 12.8. The van der Waals surface area contributed by atoms with Crippen LogP contribution in [0.4, 0.5) is 0 Å². The van der Waals surface area contributed by atoms with Crippen LogP contribution in [0.15, 0.2) is 23.1 Å². The van der Waals surface area contributed by atoms with Gasteiger partial charge < -0.3 is 5.32 Å². The molecule has 1 aromatic heterocycles. The second-order valence-corrected chi connectivity index (χ2v) is 3.21. The summed E-state index contributed by atoms with van der Waals surface area (Å²) in [5.74, 6) is 0.414. The van der Waals surface area contributed by atoms with Gasteiger partial charge in [0.15, 0.2) is 0 Å². The summed E-state index contributed by atoms with van der Waals surface area (Å²) in [6.07, 6.45) is 1.63. The second-order valence-electron chi connectivity index (χ2n) is 3.21. The zero-order chi connectivity index (χ0) is 9.68. The van der Waals surface area contributed by atoms with Crippen LogP contribution >= 0.6 is 0 Å². The molecule has 0 amide bonds. The highest BCUT2D eigenvalue weighted by Crippen LogP contribution is 1.93. The van der Waals surface area contributed by atoms with E-state index in [-0.39, 0.29) is 5.56 Å². The first-order valence-corrected chi connectivity index (χ1v) is 4.40. The molecule has 1 N–H and O–H groups in total. The van der Waals surface area contributed by atoms with Crippen molar-refractivity contribution in [1.82, 2.24) is 15.1 Å². The van der Waals surface area contributed by atoms with Gasteiger partial charge in [0.2, 0.25) is 0 Å². The first kappa shape index (κ1) is 9.92. The zero-order valence-electron chi connectivity index (χ0n) is 8.03. The van der Waals surface area contributed by atoms with Gasteiger partial charge in [0.1, 0.15) is 0 Å². The average Bonchev–Trinajstić information content (AvgIpc) is 2.09. The van der Waals surface area contributed by atoms with Gasteiger partial charge in [-0.3, -0.25) is 4.79 Å². The van der Waals surface area contributed by atoms with Gasteiger partial charge in [-0.25, -0.2) is 4.68 Å². The third-order valence-electron chi connectivity index (χ3n) is 1.82. The van der Waals surface area contributed by atoms with Crippen molar-refractivity contribution in [2.75, 3.05) is 13.6 Å². The molecule has 0 aliphatic rings. The molecule has 0 bridgehead atoms. The molecular weight excluding hydrogens is 166 g/mol. The van der Waals surface area contributed by atoms with Crippen molar-refractivity contribution < 1.29 is 0 Å². The molecule has 0 saturated heterocycles. The fourth-order valence-corrected chi connectivity index (χ4v) is 1.23. The predicted octanol–water partition coefficient (Wildman–Crippen LogP) is 0.0988. The molecular formula is C9H15N3O. The molecule has 72 valence electrons. The molecule has 1 unspecified atom stereocenters. The van der Waals surface area contributed by atoms with Crippen LogP contribution in [0.5, 0.6) is 0 Å². The maximum Gasteiger partial charge on any atom is 0.266 e. The fraction of sp³-hybridized carbons (Fsp3) is 0.556. The largest absolute Gasteiger partial charge is 0.319 e. The minimum Gasteiger partial charge on any atom is -0.319 e. The van der Waals surface area contributed by atoms with Crippen molar-refractivity contribution in [1.29, 1.82) is 0 Å². The fourth-order valence-electron chi connectivity index (χ4n) is 1.23. The van der Waals surface area contributed by atoms with E-state index in [0.717, 1.165) is 6.54 Å². The summed E-state index contributed by atoms with van der Waals surface area (Å²) in [4.78, 5) is 11.2. The molecule has 1 rings (SSSR count). The van der Waals surface area contributed by atoms with Gasteiger partial charge in [0.25, 0.3) is 5.56 Å². The monoisotopic (exact) mass is 181 g/mol. The van der Waals surface area contributed by atoms with Crippen LogP contribution in [-0.4, -0.2) is 23.4 Å². The highest BCUT2D eigenvalue weighted by atomic mass is 16.1. The number of rotatable bonds is 4. The van der Waals surface area contributed by atoms with Gasteiger partial charge in [0.05, 0.1) is 0 Å². The molecule has 1 aromatic rings. The predicted molar refractivity (Wildman–Crippen MR) is 51.6 cm³/mol. The van der Waals surface area contributed by atoms with Crippen LogP contribution in [0.3, 0.4) is 0 Å². The smallest absolute Gasteiger partial charge is 0.266 e. The van der Waals surface area contributed by atoms with Crippen molar-refractivity contribution in [2.24, 2.45) is 5.92 Å². The highest BCUT2D eigenvalue weighted by Gasteiger charge is 2.02. The minimum absolute atomic E-state index is 0.0366. The number of nitrogens with zero attached hydrogens (tertiary/aromatic N) is 2. The lowest BCUT2D eigenvalue weighted by Crippen LogP contribution is -2.28. The van der Waals surface area contributed by atoms with Crippen LogP contribution < -0.4 is 10.9 Å². The van der Waals surface area contributed by atoms with Crippen molar-refractivity contribution in [2.45, 2.75) is 13.5 Å². The van der Waals surface area contributed by atoms with E-state index in [1.165, 1.54) is 10.7 Å². The number of aromatic nitrogens is 2. The van der Waals surface area contributed by atoms with Crippen LogP contribution in [0, 0.1) is 5.92 Å². The van der Waals surface area contributed by atoms with Gasteiger partial charge in [-0.05, 0) is 25.6 Å². The highest BCUT2D eigenvalue weighted by molar-refractivity contribution is 4.84. The standard InChI is InChI=1S/C9H15N3O/c1-8(6-10-2)7-12-9(13)4-3-5-11-12/h3-5,8,10H,6-7H2,1-2H3. The van der Waals surface area contributed by atoms with E-state index in [0.29, 0.717) is 12.5 Å². The molecule has 1 heterocycles. The number of hydrogen-bond donors (Lipinski definition) is 1. The van der Waals surface area contributed by atoms with Crippen LogP contribution in [0.2, 0.25) is 0 Å². The van der Waals surface area contributed by atoms with Crippen molar-refractivity contribution in [3.63, 3.8) is 0 Å². The number of nitrogens with one attached hydrogen (secondary N) is 1. The summed E-state index contributed by atoms with van der Waals surface area (Å²) in [5.41, 5.74) is -0.0366. The number of hydrogen-bond acceptors (Lipinski definition) is 3. The molecule has 0 aliphatic carbocycles. The Kier molecular flexibility index (Phi) is 3.64. The summed E-state index contributed by atoms with van der Waals surface area (Å²) in [6.45, 7) is 3.64. The Morgan fingerprint density at radius 2 is 2.46 bits per heavy atom. The lowest BCUT2D eigenvalue weighted by Gasteiger charge is -2.10. The van der Waals surface area contributed by atoms with Gasteiger partial charge >= 0.3 is 0 Å². The Morgan fingerprint density at radius 1 is 1.69 bits per heavy atom. The molecule has 0 saturated carbocycles. The second kappa shape index (κ2) is 4.77.